The monoisotopic (exact) mass is 367 g/mol. The van der Waals surface area contributed by atoms with Gasteiger partial charge in [0.2, 0.25) is 5.91 Å². The number of hydrogen-bond acceptors (Lipinski definition) is 2. The number of alkyl halides is 3. The van der Waals surface area contributed by atoms with E-state index in [1.165, 1.54) is 24.3 Å². The molecule has 0 N–H and O–H groups in total. The Labute approximate surface area is 148 Å². The number of carbonyl (C=O) groups excluding carboxylic acids is 1. The molecule has 26 heavy (non-hydrogen) atoms. The summed E-state index contributed by atoms with van der Waals surface area (Å²) < 4.78 is 57.0. The van der Waals surface area contributed by atoms with Crippen LogP contribution in [0.2, 0.25) is 0 Å². The first-order valence-electron chi connectivity index (χ1n) is 8.14. The number of amides is 1. The summed E-state index contributed by atoms with van der Waals surface area (Å²) in [5.74, 6) is -0.623. The smallest absolute Gasteiger partial charge is 0.370 e. The van der Waals surface area contributed by atoms with Gasteiger partial charge in [-0.05, 0) is 29.3 Å². The van der Waals surface area contributed by atoms with Crippen LogP contribution in [0.4, 0.5) is 17.6 Å². The van der Waals surface area contributed by atoms with E-state index < -0.39 is 11.7 Å². The molecule has 1 aliphatic rings. The van der Waals surface area contributed by atoms with Gasteiger partial charge in [-0.1, -0.05) is 30.3 Å². The molecule has 2 aromatic carbocycles. The lowest BCUT2D eigenvalue weighted by atomic mass is 10.1. The molecule has 0 bridgehead atoms. The van der Waals surface area contributed by atoms with Crippen molar-refractivity contribution in [3.63, 3.8) is 0 Å². The summed E-state index contributed by atoms with van der Waals surface area (Å²) in [7, 11) is 0. The Balaban J connectivity index is 1.67. The van der Waals surface area contributed by atoms with E-state index in [1.54, 1.807) is 17.0 Å². The van der Waals surface area contributed by atoms with Gasteiger partial charge in [-0.15, -0.1) is 0 Å². The molecule has 1 aliphatic heterocycles. The molecule has 1 heterocycles. The Morgan fingerprint density at radius 1 is 1.15 bits per heavy atom. The number of benzene rings is 2. The van der Waals surface area contributed by atoms with Crippen molar-refractivity contribution >= 4 is 5.91 Å². The summed E-state index contributed by atoms with van der Waals surface area (Å²) >= 11 is 0. The molecule has 7 heteroatoms. The summed E-state index contributed by atoms with van der Waals surface area (Å²) in [4.78, 5) is 14.1. The Bertz CT molecular complexity index is 774. The van der Waals surface area contributed by atoms with E-state index in [-0.39, 0.29) is 30.8 Å². The van der Waals surface area contributed by atoms with Crippen LogP contribution < -0.4 is 0 Å². The molecule has 1 fully saturated rings. The van der Waals surface area contributed by atoms with Crippen molar-refractivity contribution in [3.05, 3.63) is 71.0 Å². The fourth-order valence-electron chi connectivity index (χ4n) is 2.90. The van der Waals surface area contributed by atoms with E-state index in [0.29, 0.717) is 18.7 Å². The van der Waals surface area contributed by atoms with Gasteiger partial charge >= 0.3 is 6.18 Å². The first-order valence-corrected chi connectivity index (χ1v) is 8.14. The van der Waals surface area contributed by atoms with Crippen LogP contribution in [0.3, 0.4) is 0 Å². The molecule has 0 radical (unpaired) electrons. The van der Waals surface area contributed by atoms with Crippen molar-refractivity contribution < 1.29 is 27.1 Å². The normalized spacial score (nSPS) is 18.0. The second kappa shape index (κ2) is 7.45. The highest BCUT2D eigenvalue weighted by Crippen LogP contribution is 2.30. The number of carbonyl (C=O) groups is 1. The molecule has 1 atom stereocenters. The largest absolute Gasteiger partial charge is 0.416 e. The Kier molecular flexibility index (Phi) is 5.27. The van der Waals surface area contributed by atoms with Gasteiger partial charge in [0.15, 0.2) is 0 Å². The zero-order chi connectivity index (χ0) is 18.7. The van der Waals surface area contributed by atoms with Crippen LogP contribution in [0.25, 0.3) is 0 Å². The number of rotatable bonds is 3. The quantitative estimate of drug-likeness (QED) is 0.768. The van der Waals surface area contributed by atoms with Crippen LogP contribution in [0.5, 0.6) is 0 Å². The maximum absolute atomic E-state index is 13.0. The number of hydrogen-bond donors (Lipinski definition) is 0. The molecule has 1 unspecified atom stereocenters. The zero-order valence-corrected chi connectivity index (χ0v) is 13.8. The van der Waals surface area contributed by atoms with E-state index >= 15 is 0 Å². The highest BCUT2D eigenvalue weighted by molar-refractivity contribution is 5.79. The van der Waals surface area contributed by atoms with E-state index in [2.05, 4.69) is 0 Å². The number of ether oxygens (including phenoxy) is 1. The van der Waals surface area contributed by atoms with Crippen LogP contribution in [-0.2, 0) is 22.1 Å². The van der Waals surface area contributed by atoms with Gasteiger partial charge in [0.05, 0.1) is 25.1 Å². The van der Waals surface area contributed by atoms with Gasteiger partial charge in [0.25, 0.3) is 0 Å². The third-order valence-electron chi connectivity index (χ3n) is 4.27. The van der Waals surface area contributed by atoms with Gasteiger partial charge in [-0.2, -0.15) is 13.2 Å². The molecule has 138 valence electrons. The van der Waals surface area contributed by atoms with E-state index in [1.807, 2.05) is 0 Å². The minimum Gasteiger partial charge on any atom is -0.370 e. The van der Waals surface area contributed by atoms with Gasteiger partial charge in [-0.25, -0.2) is 4.39 Å². The second-order valence-electron chi connectivity index (χ2n) is 6.13. The maximum atomic E-state index is 13.0. The van der Waals surface area contributed by atoms with Crippen molar-refractivity contribution in [2.75, 3.05) is 19.7 Å². The van der Waals surface area contributed by atoms with Crippen LogP contribution >= 0.6 is 0 Å². The molecular weight excluding hydrogens is 350 g/mol. The lowest BCUT2D eigenvalue weighted by molar-refractivity contribution is -0.139. The second-order valence-corrected chi connectivity index (χ2v) is 6.13. The van der Waals surface area contributed by atoms with Gasteiger partial charge < -0.3 is 9.64 Å². The summed E-state index contributed by atoms with van der Waals surface area (Å²) in [5.41, 5.74) is 0.298. The molecule has 0 spiro atoms. The van der Waals surface area contributed by atoms with E-state index in [0.717, 1.165) is 17.7 Å². The lowest BCUT2D eigenvalue weighted by Crippen LogP contribution is -2.43. The minimum atomic E-state index is -4.44. The molecule has 1 amide bonds. The summed E-state index contributed by atoms with van der Waals surface area (Å²) in [5, 5.41) is 0. The van der Waals surface area contributed by atoms with Crippen molar-refractivity contribution in [2.45, 2.75) is 18.7 Å². The van der Waals surface area contributed by atoms with E-state index in [4.69, 9.17) is 4.74 Å². The van der Waals surface area contributed by atoms with Crippen molar-refractivity contribution in [1.29, 1.82) is 0 Å². The third-order valence-corrected chi connectivity index (χ3v) is 4.27. The average molecular weight is 367 g/mol. The Morgan fingerprint density at radius 2 is 1.88 bits per heavy atom. The molecule has 0 saturated carbocycles. The van der Waals surface area contributed by atoms with Crippen LogP contribution in [0.15, 0.2) is 48.5 Å². The van der Waals surface area contributed by atoms with Crippen LogP contribution in [0, 0.1) is 5.82 Å². The first kappa shape index (κ1) is 18.4. The van der Waals surface area contributed by atoms with Gasteiger partial charge in [-0.3, -0.25) is 4.79 Å². The zero-order valence-electron chi connectivity index (χ0n) is 13.8. The molecular formula is C19H17F4NO2. The summed E-state index contributed by atoms with van der Waals surface area (Å²) in [6.07, 6.45) is -4.93. The Morgan fingerprint density at radius 3 is 2.58 bits per heavy atom. The van der Waals surface area contributed by atoms with Gasteiger partial charge in [0.1, 0.15) is 11.9 Å². The standard InChI is InChI=1S/C19H17F4NO2/c20-16-6-4-14(5-7-16)17-12-24(8-9-26-17)18(25)11-13-2-1-3-15(10-13)19(21,22)23/h1-7,10,17H,8-9,11-12H2. The molecule has 3 rings (SSSR count). The number of nitrogens with zero attached hydrogens (tertiary/aromatic N) is 1. The fraction of sp³-hybridized carbons (Fsp3) is 0.316. The van der Waals surface area contributed by atoms with E-state index in [9.17, 15) is 22.4 Å². The van der Waals surface area contributed by atoms with Crippen molar-refractivity contribution in [3.8, 4) is 0 Å². The molecule has 2 aromatic rings. The molecule has 3 nitrogen and oxygen atoms in total. The minimum absolute atomic E-state index is 0.111. The number of halogens is 4. The fourth-order valence-corrected chi connectivity index (χ4v) is 2.90. The first-order chi connectivity index (χ1) is 12.3. The third kappa shape index (κ3) is 4.40. The SMILES string of the molecule is O=C(Cc1cccc(C(F)(F)F)c1)N1CCOC(c2ccc(F)cc2)C1. The lowest BCUT2D eigenvalue weighted by Gasteiger charge is -2.33. The topological polar surface area (TPSA) is 29.5 Å². The number of morpholine rings is 1. The Hall–Kier alpha value is -2.41. The summed E-state index contributed by atoms with van der Waals surface area (Å²) in [6, 6.07) is 10.6. The highest BCUT2D eigenvalue weighted by atomic mass is 19.4. The van der Waals surface area contributed by atoms with Crippen LogP contribution in [-0.4, -0.2) is 30.5 Å². The summed E-state index contributed by atoms with van der Waals surface area (Å²) in [6.45, 7) is 0.968. The molecule has 1 saturated heterocycles. The highest BCUT2D eigenvalue weighted by Gasteiger charge is 2.31. The predicted molar refractivity (Wildman–Crippen MR) is 86.8 cm³/mol. The van der Waals surface area contributed by atoms with Crippen molar-refractivity contribution in [1.82, 2.24) is 4.90 Å². The molecule has 0 aromatic heterocycles. The van der Waals surface area contributed by atoms with Gasteiger partial charge in [0, 0.05) is 6.54 Å². The molecule has 0 aliphatic carbocycles. The van der Waals surface area contributed by atoms with Crippen molar-refractivity contribution in [2.24, 2.45) is 0 Å². The maximum Gasteiger partial charge on any atom is 0.416 e. The predicted octanol–water partition coefficient (Wildman–Crippen LogP) is 3.99. The average Bonchev–Trinajstić information content (AvgIpc) is 2.62. The van der Waals surface area contributed by atoms with Crippen LogP contribution in [0.1, 0.15) is 22.8 Å².